The molecule has 28 heavy (non-hydrogen) atoms. The first kappa shape index (κ1) is 18.7. The van der Waals surface area contributed by atoms with Crippen molar-refractivity contribution in [2.45, 2.75) is 51.1 Å². The van der Waals surface area contributed by atoms with Gasteiger partial charge in [0.2, 0.25) is 0 Å². The fourth-order valence-electron chi connectivity index (χ4n) is 4.11. The van der Waals surface area contributed by atoms with E-state index in [-0.39, 0.29) is 17.4 Å². The molecular formula is C22H28N4O2. The van der Waals surface area contributed by atoms with Gasteiger partial charge in [0, 0.05) is 36.9 Å². The molecule has 0 unspecified atom stereocenters. The summed E-state index contributed by atoms with van der Waals surface area (Å²) in [7, 11) is 0. The number of rotatable bonds is 6. The second-order valence-electron chi connectivity index (χ2n) is 8.10. The Kier molecular flexibility index (Phi) is 5.20. The fraction of sp³-hybridized carbons (Fsp3) is 0.500. The summed E-state index contributed by atoms with van der Waals surface area (Å²) in [4.78, 5) is 27.4. The zero-order valence-corrected chi connectivity index (χ0v) is 16.4. The van der Waals surface area contributed by atoms with Gasteiger partial charge in [-0.1, -0.05) is 31.0 Å². The van der Waals surface area contributed by atoms with Crippen LogP contribution in [0.5, 0.6) is 0 Å². The van der Waals surface area contributed by atoms with Crippen molar-refractivity contribution in [3.63, 3.8) is 0 Å². The van der Waals surface area contributed by atoms with E-state index in [4.69, 9.17) is 0 Å². The minimum Gasteiger partial charge on any atom is -0.346 e. The number of benzene rings is 1. The maximum atomic E-state index is 12.8. The molecule has 1 aromatic carbocycles. The highest BCUT2D eigenvalue weighted by Gasteiger charge is 2.41. The Morgan fingerprint density at radius 1 is 1.14 bits per heavy atom. The minimum atomic E-state index is -0.215. The number of aryl methyl sites for hydroxylation is 1. The Morgan fingerprint density at radius 2 is 1.86 bits per heavy atom. The summed E-state index contributed by atoms with van der Waals surface area (Å²) in [6, 6.07) is 11.2. The first-order valence-corrected chi connectivity index (χ1v) is 10.3. The molecule has 0 radical (unpaired) electrons. The fourth-order valence-corrected chi connectivity index (χ4v) is 4.11. The van der Waals surface area contributed by atoms with Crippen molar-refractivity contribution in [2.24, 2.45) is 5.92 Å². The lowest BCUT2D eigenvalue weighted by atomic mass is 9.82. The summed E-state index contributed by atoms with van der Waals surface area (Å²) < 4.78 is 1.77. The van der Waals surface area contributed by atoms with Gasteiger partial charge in [0.05, 0.1) is 0 Å². The van der Waals surface area contributed by atoms with Crippen LogP contribution in [0.4, 0.5) is 0 Å². The normalized spacial score (nSPS) is 18.7. The number of hydrogen-bond acceptors (Lipinski definition) is 3. The predicted octanol–water partition coefficient (Wildman–Crippen LogP) is 3.11. The Morgan fingerprint density at radius 3 is 2.46 bits per heavy atom. The van der Waals surface area contributed by atoms with Crippen LogP contribution < -0.4 is 5.32 Å². The number of aromatic nitrogens is 2. The molecule has 1 saturated carbocycles. The summed E-state index contributed by atoms with van der Waals surface area (Å²) in [5, 5.41) is 7.68. The van der Waals surface area contributed by atoms with E-state index in [9.17, 15) is 9.59 Å². The molecule has 1 N–H and O–H groups in total. The molecule has 1 saturated heterocycles. The number of hydrogen-bond donors (Lipinski definition) is 1. The van der Waals surface area contributed by atoms with Crippen molar-refractivity contribution in [3.8, 4) is 0 Å². The summed E-state index contributed by atoms with van der Waals surface area (Å²) >= 11 is 0. The van der Waals surface area contributed by atoms with E-state index in [2.05, 4.69) is 10.4 Å². The minimum absolute atomic E-state index is 0.0114. The first-order chi connectivity index (χ1) is 13.6. The monoisotopic (exact) mass is 380 g/mol. The lowest BCUT2D eigenvalue weighted by molar-refractivity contribution is 0.0595. The molecule has 4 rings (SSSR count). The third-order valence-electron chi connectivity index (χ3n) is 5.98. The van der Waals surface area contributed by atoms with E-state index in [0.717, 1.165) is 25.8 Å². The van der Waals surface area contributed by atoms with Gasteiger partial charge < -0.3 is 10.2 Å². The third kappa shape index (κ3) is 4.11. The zero-order chi connectivity index (χ0) is 19.6. The highest BCUT2D eigenvalue weighted by Crippen LogP contribution is 2.40. The standard InChI is InChI=1S/C22H28N4O2/c1-2-26-13-10-19(24-26)21(28)25-14-11-22(12-15-25,16-17-8-9-17)23-20(27)18-6-4-3-5-7-18/h3-7,10,13,17H,2,8-9,11-12,14-16H2,1H3,(H,23,27). The molecule has 0 spiro atoms. The largest absolute Gasteiger partial charge is 0.346 e. The van der Waals surface area contributed by atoms with Crippen molar-refractivity contribution < 1.29 is 9.59 Å². The van der Waals surface area contributed by atoms with Gasteiger partial charge in [0.1, 0.15) is 5.69 Å². The maximum absolute atomic E-state index is 12.8. The zero-order valence-electron chi connectivity index (χ0n) is 16.4. The molecule has 2 heterocycles. The Labute approximate surface area is 165 Å². The van der Waals surface area contributed by atoms with Gasteiger partial charge in [-0.25, -0.2) is 0 Å². The number of likely N-dealkylation sites (tertiary alicyclic amines) is 1. The molecule has 2 aliphatic rings. The number of amides is 2. The van der Waals surface area contributed by atoms with Gasteiger partial charge in [-0.05, 0) is 50.3 Å². The van der Waals surface area contributed by atoms with Gasteiger partial charge in [-0.3, -0.25) is 14.3 Å². The molecule has 2 fully saturated rings. The van der Waals surface area contributed by atoms with Crippen LogP contribution in [-0.4, -0.2) is 45.1 Å². The molecule has 1 aliphatic carbocycles. The Hall–Kier alpha value is -2.63. The average Bonchev–Trinajstić information content (AvgIpc) is 3.40. The summed E-state index contributed by atoms with van der Waals surface area (Å²) in [6.45, 7) is 4.06. The van der Waals surface area contributed by atoms with Gasteiger partial charge in [-0.2, -0.15) is 5.10 Å². The van der Waals surface area contributed by atoms with E-state index in [1.54, 1.807) is 10.7 Å². The molecular weight excluding hydrogens is 352 g/mol. The molecule has 6 heteroatoms. The van der Waals surface area contributed by atoms with Crippen LogP contribution in [0.2, 0.25) is 0 Å². The van der Waals surface area contributed by atoms with E-state index < -0.39 is 0 Å². The van der Waals surface area contributed by atoms with Gasteiger partial charge in [0.25, 0.3) is 11.8 Å². The van der Waals surface area contributed by atoms with Crippen LogP contribution >= 0.6 is 0 Å². The summed E-state index contributed by atoms with van der Waals surface area (Å²) in [5.41, 5.74) is 0.986. The van der Waals surface area contributed by atoms with Crippen LogP contribution in [0.15, 0.2) is 42.6 Å². The van der Waals surface area contributed by atoms with Crippen molar-refractivity contribution in [1.29, 1.82) is 0 Å². The Bertz CT molecular complexity index is 833. The lowest BCUT2D eigenvalue weighted by Crippen LogP contribution is -2.56. The highest BCUT2D eigenvalue weighted by molar-refractivity contribution is 5.95. The number of nitrogens with zero attached hydrogens (tertiary/aromatic N) is 3. The summed E-state index contributed by atoms with van der Waals surface area (Å²) in [6.07, 6.45) is 6.94. The number of carbonyl (C=O) groups excluding carboxylic acids is 2. The molecule has 0 bridgehead atoms. The van der Waals surface area contributed by atoms with E-state index in [1.165, 1.54) is 12.8 Å². The molecule has 1 aliphatic heterocycles. The van der Waals surface area contributed by atoms with Crippen LogP contribution in [0.3, 0.4) is 0 Å². The van der Waals surface area contributed by atoms with Gasteiger partial charge >= 0.3 is 0 Å². The molecule has 2 amide bonds. The maximum Gasteiger partial charge on any atom is 0.274 e. The van der Waals surface area contributed by atoms with Crippen molar-refractivity contribution in [1.82, 2.24) is 20.0 Å². The van der Waals surface area contributed by atoms with E-state index in [0.29, 0.717) is 30.3 Å². The predicted molar refractivity (Wildman–Crippen MR) is 107 cm³/mol. The lowest BCUT2D eigenvalue weighted by Gasteiger charge is -2.42. The van der Waals surface area contributed by atoms with Crippen LogP contribution in [0, 0.1) is 5.92 Å². The third-order valence-corrected chi connectivity index (χ3v) is 5.98. The quantitative estimate of drug-likeness (QED) is 0.837. The second kappa shape index (κ2) is 7.78. The van der Waals surface area contributed by atoms with Gasteiger partial charge in [0.15, 0.2) is 0 Å². The SMILES string of the molecule is CCn1ccc(C(=O)N2CCC(CC3CC3)(NC(=O)c3ccccc3)CC2)n1. The van der Waals surface area contributed by atoms with Crippen LogP contribution in [0.25, 0.3) is 0 Å². The van der Waals surface area contributed by atoms with Gasteiger partial charge in [-0.15, -0.1) is 0 Å². The highest BCUT2D eigenvalue weighted by atomic mass is 16.2. The van der Waals surface area contributed by atoms with E-state index >= 15 is 0 Å². The van der Waals surface area contributed by atoms with Crippen molar-refractivity contribution in [3.05, 3.63) is 53.9 Å². The smallest absolute Gasteiger partial charge is 0.274 e. The summed E-state index contributed by atoms with van der Waals surface area (Å²) in [5.74, 6) is 0.683. The second-order valence-corrected chi connectivity index (χ2v) is 8.10. The van der Waals surface area contributed by atoms with Crippen LogP contribution in [0.1, 0.15) is 59.9 Å². The van der Waals surface area contributed by atoms with Crippen LogP contribution in [-0.2, 0) is 6.54 Å². The molecule has 0 atom stereocenters. The molecule has 2 aromatic rings. The average molecular weight is 380 g/mol. The molecule has 148 valence electrons. The van der Waals surface area contributed by atoms with E-state index in [1.807, 2.05) is 48.4 Å². The first-order valence-electron chi connectivity index (χ1n) is 10.3. The number of piperidine rings is 1. The molecule has 6 nitrogen and oxygen atoms in total. The topological polar surface area (TPSA) is 67.2 Å². The van der Waals surface area contributed by atoms with Crippen molar-refractivity contribution >= 4 is 11.8 Å². The Balaban J connectivity index is 1.43. The number of carbonyl (C=O) groups is 2. The number of nitrogens with one attached hydrogen (secondary N) is 1. The molecule has 1 aromatic heterocycles. The van der Waals surface area contributed by atoms with Crippen molar-refractivity contribution in [2.75, 3.05) is 13.1 Å².